The maximum Gasteiger partial charge on any atom is 0.223 e. The van der Waals surface area contributed by atoms with Gasteiger partial charge in [0.05, 0.1) is 0 Å². The second kappa shape index (κ2) is 5.91. The highest BCUT2D eigenvalue weighted by Crippen LogP contribution is 2.15. The van der Waals surface area contributed by atoms with Gasteiger partial charge in [-0.3, -0.25) is 4.79 Å². The van der Waals surface area contributed by atoms with Crippen molar-refractivity contribution in [2.75, 3.05) is 26.4 Å². The predicted molar refractivity (Wildman–Crippen MR) is 47.1 cm³/mol. The molecular weight excluding hydrogens is 173 g/mol. The highest BCUT2D eigenvalue weighted by atomic mass is 19.1. The van der Waals surface area contributed by atoms with Gasteiger partial charge in [-0.15, -0.1) is 0 Å². The van der Waals surface area contributed by atoms with Crippen LogP contribution in [-0.4, -0.2) is 32.3 Å². The molecule has 0 aromatic carbocycles. The van der Waals surface area contributed by atoms with Gasteiger partial charge in [0.2, 0.25) is 5.91 Å². The number of amides is 1. The third-order valence-corrected chi connectivity index (χ3v) is 2.22. The van der Waals surface area contributed by atoms with Gasteiger partial charge >= 0.3 is 0 Å². The normalized spacial score (nSPS) is 23.6. The van der Waals surface area contributed by atoms with Crippen molar-refractivity contribution >= 4 is 5.91 Å². The molecule has 1 saturated heterocycles. The van der Waals surface area contributed by atoms with E-state index in [4.69, 9.17) is 4.74 Å². The Hall–Kier alpha value is -0.640. The summed E-state index contributed by atoms with van der Waals surface area (Å²) in [5.41, 5.74) is 0. The molecule has 1 fully saturated rings. The lowest BCUT2D eigenvalue weighted by atomic mass is 10.00. The van der Waals surface area contributed by atoms with Crippen molar-refractivity contribution in [1.29, 1.82) is 0 Å². The van der Waals surface area contributed by atoms with Crippen molar-refractivity contribution in [2.24, 2.45) is 5.92 Å². The summed E-state index contributed by atoms with van der Waals surface area (Å²) in [6.07, 6.45) is 2.55. The number of nitrogens with one attached hydrogen (secondary N) is 1. The van der Waals surface area contributed by atoms with Crippen molar-refractivity contribution in [3.63, 3.8) is 0 Å². The average molecular weight is 189 g/mol. The summed E-state index contributed by atoms with van der Waals surface area (Å²) < 4.78 is 17.0. The molecule has 4 heteroatoms. The summed E-state index contributed by atoms with van der Waals surface area (Å²) in [5.74, 6) is -0.00259. The lowest BCUT2D eigenvalue weighted by Crippen LogP contribution is -2.32. The van der Waals surface area contributed by atoms with E-state index in [1.165, 1.54) is 0 Å². The molecule has 0 aromatic rings. The van der Waals surface area contributed by atoms with E-state index in [2.05, 4.69) is 5.32 Å². The molecule has 1 N–H and O–H groups in total. The van der Waals surface area contributed by atoms with Crippen LogP contribution in [0, 0.1) is 5.92 Å². The molecule has 0 aromatic heterocycles. The number of halogens is 1. The summed E-state index contributed by atoms with van der Waals surface area (Å²) in [6, 6.07) is 0. The second-order valence-electron chi connectivity index (χ2n) is 3.22. The van der Waals surface area contributed by atoms with Gasteiger partial charge in [0, 0.05) is 25.7 Å². The molecule has 1 aliphatic heterocycles. The van der Waals surface area contributed by atoms with Gasteiger partial charge in [0.15, 0.2) is 0 Å². The summed E-state index contributed by atoms with van der Waals surface area (Å²) >= 11 is 0. The number of carbonyl (C=O) groups is 1. The molecule has 13 heavy (non-hydrogen) atoms. The van der Waals surface area contributed by atoms with E-state index in [0.29, 0.717) is 6.61 Å². The van der Waals surface area contributed by atoms with Gasteiger partial charge in [-0.25, -0.2) is 4.39 Å². The van der Waals surface area contributed by atoms with Crippen molar-refractivity contribution in [3.05, 3.63) is 0 Å². The molecule has 0 aliphatic carbocycles. The van der Waals surface area contributed by atoms with Crippen LogP contribution in [0.3, 0.4) is 0 Å². The van der Waals surface area contributed by atoms with Crippen LogP contribution >= 0.6 is 0 Å². The van der Waals surface area contributed by atoms with Gasteiger partial charge in [-0.05, 0) is 19.3 Å². The van der Waals surface area contributed by atoms with Gasteiger partial charge in [0.25, 0.3) is 0 Å². The third-order valence-electron chi connectivity index (χ3n) is 2.22. The molecule has 0 spiro atoms. The molecule has 0 radical (unpaired) electrons. The Morgan fingerprint density at radius 1 is 1.46 bits per heavy atom. The SMILES string of the molecule is O=C(NCCF)C1CCCOCC1. The zero-order chi connectivity index (χ0) is 9.52. The first-order chi connectivity index (χ1) is 6.34. The van der Waals surface area contributed by atoms with Crippen LogP contribution in [0.1, 0.15) is 19.3 Å². The molecule has 0 saturated carbocycles. The van der Waals surface area contributed by atoms with E-state index >= 15 is 0 Å². The highest BCUT2D eigenvalue weighted by molar-refractivity contribution is 5.78. The highest BCUT2D eigenvalue weighted by Gasteiger charge is 2.19. The van der Waals surface area contributed by atoms with Crippen LogP contribution in [0.15, 0.2) is 0 Å². The number of ether oxygens (including phenoxy) is 1. The van der Waals surface area contributed by atoms with Crippen LogP contribution in [0.25, 0.3) is 0 Å². The molecule has 1 unspecified atom stereocenters. The Labute approximate surface area is 77.6 Å². The topological polar surface area (TPSA) is 38.3 Å². The molecule has 1 heterocycles. The van der Waals surface area contributed by atoms with Crippen LogP contribution < -0.4 is 5.32 Å². The minimum Gasteiger partial charge on any atom is -0.381 e. The fourth-order valence-electron chi connectivity index (χ4n) is 1.48. The van der Waals surface area contributed by atoms with Crippen molar-refractivity contribution in [3.8, 4) is 0 Å². The first-order valence-corrected chi connectivity index (χ1v) is 4.76. The molecule has 1 amide bonds. The fraction of sp³-hybridized carbons (Fsp3) is 0.889. The average Bonchev–Trinajstić information content (AvgIpc) is 2.42. The summed E-state index contributed by atoms with van der Waals surface area (Å²) in [7, 11) is 0. The number of carbonyl (C=O) groups excluding carboxylic acids is 1. The number of hydrogen-bond acceptors (Lipinski definition) is 2. The van der Waals surface area contributed by atoms with Crippen molar-refractivity contribution in [1.82, 2.24) is 5.32 Å². The van der Waals surface area contributed by atoms with Gasteiger partial charge in [-0.2, -0.15) is 0 Å². The standard InChI is InChI=1S/C9H16FNO2/c10-4-5-11-9(12)8-2-1-6-13-7-3-8/h8H,1-7H2,(H,11,12). The molecular formula is C9H16FNO2. The molecule has 1 rings (SSSR count). The van der Waals surface area contributed by atoms with Crippen LogP contribution in [0.5, 0.6) is 0 Å². The quantitative estimate of drug-likeness (QED) is 0.716. The van der Waals surface area contributed by atoms with E-state index in [1.54, 1.807) is 0 Å². The van der Waals surface area contributed by atoms with Crippen LogP contribution in [0.4, 0.5) is 4.39 Å². The second-order valence-corrected chi connectivity index (χ2v) is 3.22. The fourth-order valence-corrected chi connectivity index (χ4v) is 1.48. The zero-order valence-electron chi connectivity index (χ0n) is 7.72. The Morgan fingerprint density at radius 3 is 3.08 bits per heavy atom. The minimum absolute atomic E-state index is 0.0223. The van der Waals surface area contributed by atoms with Gasteiger partial charge < -0.3 is 10.1 Å². The Kier molecular flexibility index (Phi) is 4.75. The maximum atomic E-state index is 11.8. The molecule has 0 bridgehead atoms. The minimum atomic E-state index is -0.491. The van der Waals surface area contributed by atoms with E-state index in [-0.39, 0.29) is 18.4 Å². The summed E-state index contributed by atoms with van der Waals surface area (Å²) in [4.78, 5) is 11.4. The van der Waals surface area contributed by atoms with Gasteiger partial charge in [0.1, 0.15) is 6.67 Å². The summed E-state index contributed by atoms with van der Waals surface area (Å²) in [6.45, 7) is 1.03. The third kappa shape index (κ3) is 3.72. The number of rotatable bonds is 3. The number of hydrogen-bond donors (Lipinski definition) is 1. The van der Waals surface area contributed by atoms with Crippen molar-refractivity contribution < 1.29 is 13.9 Å². The van der Waals surface area contributed by atoms with Crippen molar-refractivity contribution in [2.45, 2.75) is 19.3 Å². The lowest BCUT2D eigenvalue weighted by Gasteiger charge is -2.12. The van der Waals surface area contributed by atoms with E-state index in [0.717, 1.165) is 25.9 Å². The predicted octanol–water partition coefficient (Wildman–Crippen LogP) is 0.889. The smallest absolute Gasteiger partial charge is 0.223 e. The molecule has 1 atom stereocenters. The monoisotopic (exact) mass is 189 g/mol. The van der Waals surface area contributed by atoms with E-state index in [1.807, 2.05) is 0 Å². The Balaban J connectivity index is 2.26. The Morgan fingerprint density at radius 2 is 2.31 bits per heavy atom. The first kappa shape index (κ1) is 10.4. The molecule has 76 valence electrons. The largest absolute Gasteiger partial charge is 0.381 e. The van der Waals surface area contributed by atoms with Crippen LogP contribution in [0.2, 0.25) is 0 Å². The Bertz CT molecular complexity index is 156. The number of alkyl halides is 1. The first-order valence-electron chi connectivity index (χ1n) is 4.76. The lowest BCUT2D eigenvalue weighted by molar-refractivity contribution is -0.125. The summed E-state index contributed by atoms with van der Waals surface area (Å²) in [5, 5.41) is 2.56. The molecule has 1 aliphatic rings. The van der Waals surface area contributed by atoms with Crippen LogP contribution in [-0.2, 0) is 9.53 Å². The zero-order valence-corrected chi connectivity index (χ0v) is 7.72. The maximum absolute atomic E-state index is 11.8. The molecule has 3 nitrogen and oxygen atoms in total. The van der Waals surface area contributed by atoms with Gasteiger partial charge in [-0.1, -0.05) is 0 Å². The van der Waals surface area contributed by atoms with E-state index in [9.17, 15) is 9.18 Å². The van der Waals surface area contributed by atoms with E-state index < -0.39 is 6.67 Å².